The van der Waals surface area contributed by atoms with Crippen LogP contribution in [0, 0.1) is 0 Å². The van der Waals surface area contributed by atoms with Crippen LogP contribution in [0.2, 0.25) is 0 Å². The smallest absolute Gasteiger partial charge is 0.240 e. The summed E-state index contributed by atoms with van der Waals surface area (Å²) < 4.78 is 0. The van der Waals surface area contributed by atoms with Crippen LogP contribution in [0.25, 0.3) is 0 Å². The predicted octanol–water partition coefficient (Wildman–Crippen LogP) is -0.789. The average Bonchev–Trinajstić information content (AvgIpc) is 1.90. The molecule has 0 bridgehead atoms. The zero-order valence-electron chi connectivity index (χ0n) is 5.05. The Labute approximate surface area is 53.1 Å². The summed E-state index contributed by atoms with van der Waals surface area (Å²) in [6, 6.07) is 0. The van der Waals surface area contributed by atoms with Gasteiger partial charge in [-0.3, -0.25) is 4.79 Å². The van der Waals surface area contributed by atoms with Crippen LogP contribution in [-0.2, 0) is 4.79 Å². The molecule has 0 unspecified atom stereocenters. The quantitative estimate of drug-likeness (QED) is 0.484. The van der Waals surface area contributed by atoms with Crippen LogP contribution in [0.4, 0.5) is 0 Å². The number of hydrogen-bond acceptors (Lipinski definition) is 3. The van der Waals surface area contributed by atoms with Gasteiger partial charge in [-0.25, -0.2) is 5.43 Å². The molecule has 50 valence electrons. The number of amides is 1. The van der Waals surface area contributed by atoms with Crippen LogP contribution in [0.5, 0.6) is 0 Å². The largest absolute Gasteiger partial charge is 0.325 e. The lowest BCUT2D eigenvalue weighted by Crippen LogP contribution is -2.29. The number of hydrogen-bond donors (Lipinski definition) is 2. The number of carbonyl (C=O) groups is 1. The van der Waals surface area contributed by atoms with E-state index in [0.717, 1.165) is 5.71 Å². The first-order valence-electron chi connectivity index (χ1n) is 2.87. The second-order valence-electron chi connectivity index (χ2n) is 1.92. The highest BCUT2D eigenvalue weighted by molar-refractivity contribution is 5.93. The fourth-order valence-corrected chi connectivity index (χ4v) is 0.659. The van der Waals surface area contributed by atoms with Gasteiger partial charge >= 0.3 is 0 Å². The third-order valence-electron chi connectivity index (χ3n) is 1.21. The predicted molar refractivity (Wildman–Crippen MR) is 33.9 cm³/mol. The van der Waals surface area contributed by atoms with Gasteiger partial charge in [-0.1, -0.05) is 0 Å². The van der Waals surface area contributed by atoms with Crippen LogP contribution in [0.15, 0.2) is 5.10 Å². The molecule has 0 fully saturated rings. The standard InChI is InChI=1S/C5H9N3O/c6-3-4-1-2-5(9)8-7-4/h1-3,6H2,(H,8,9). The molecule has 4 heteroatoms. The first kappa shape index (κ1) is 6.22. The number of nitrogens with two attached hydrogens (primary N) is 1. The van der Waals surface area contributed by atoms with E-state index in [1.807, 2.05) is 0 Å². The molecular weight excluding hydrogens is 118 g/mol. The van der Waals surface area contributed by atoms with Gasteiger partial charge in [0.1, 0.15) is 0 Å². The van der Waals surface area contributed by atoms with Gasteiger partial charge in [0.05, 0.1) is 5.71 Å². The molecule has 3 N–H and O–H groups in total. The number of rotatable bonds is 1. The molecule has 1 amide bonds. The molecular formula is C5H9N3O. The Kier molecular flexibility index (Phi) is 1.79. The van der Waals surface area contributed by atoms with Gasteiger partial charge < -0.3 is 5.73 Å². The molecule has 0 radical (unpaired) electrons. The Morgan fingerprint density at radius 3 is 2.89 bits per heavy atom. The first-order chi connectivity index (χ1) is 4.33. The molecule has 0 aliphatic carbocycles. The van der Waals surface area contributed by atoms with Crippen LogP contribution in [0.3, 0.4) is 0 Å². The molecule has 0 atom stereocenters. The minimum atomic E-state index is -0.0211. The fourth-order valence-electron chi connectivity index (χ4n) is 0.659. The second kappa shape index (κ2) is 2.59. The Morgan fingerprint density at radius 2 is 2.44 bits per heavy atom. The molecule has 1 aliphatic rings. The Morgan fingerprint density at radius 1 is 1.67 bits per heavy atom. The summed E-state index contributed by atoms with van der Waals surface area (Å²) in [5.74, 6) is -0.0211. The molecule has 0 aromatic heterocycles. The SMILES string of the molecule is NCC1=NNC(=O)CC1. The van der Waals surface area contributed by atoms with E-state index in [1.165, 1.54) is 0 Å². The van der Waals surface area contributed by atoms with E-state index >= 15 is 0 Å². The van der Waals surface area contributed by atoms with Crippen molar-refractivity contribution in [3.8, 4) is 0 Å². The molecule has 0 saturated heterocycles. The Hall–Kier alpha value is -0.900. The molecule has 1 aliphatic heterocycles. The van der Waals surface area contributed by atoms with E-state index in [2.05, 4.69) is 10.5 Å². The molecule has 4 nitrogen and oxygen atoms in total. The van der Waals surface area contributed by atoms with Crippen molar-refractivity contribution < 1.29 is 4.79 Å². The second-order valence-corrected chi connectivity index (χ2v) is 1.92. The molecule has 1 rings (SSSR count). The first-order valence-corrected chi connectivity index (χ1v) is 2.87. The van der Waals surface area contributed by atoms with Gasteiger partial charge in [-0.15, -0.1) is 0 Å². The number of nitrogens with zero attached hydrogens (tertiary/aromatic N) is 1. The minimum Gasteiger partial charge on any atom is -0.325 e. The topological polar surface area (TPSA) is 67.5 Å². The van der Waals surface area contributed by atoms with Crippen molar-refractivity contribution in [1.29, 1.82) is 0 Å². The summed E-state index contributed by atoms with van der Waals surface area (Å²) in [5, 5.41) is 3.72. The normalized spacial score (nSPS) is 18.8. The van der Waals surface area contributed by atoms with Crippen LogP contribution >= 0.6 is 0 Å². The zero-order chi connectivity index (χ0) is 6.69. The van der Waals surface area contributed by atoms with Gasteiger partial charge in [-0.2, -0.15) is 5.10 Å². The van der Waals surface area contributed by atoms with E-state index in [0.29, 0.717) is 19.4 Å². The fraction of sp³-hybridized carbons (Fsp3) is 0.600. The Bertz CT molecular complexity index is 152. The van der Waals surface area contributed by atoms with Crippen molar-refractivity contribution in [2.45, 2.75) is 12.8 Å². The maximum atomic E-state index is 10.5. The monoisotopic (exact) mass is 127 g/mol. The van der Waals surface area contributed by atoms with Gasteiger partial charge in [0.15, 0.2) is 0 Å². The summed E-state index contributed by atoms with van der Waals surface area (Å²) >= 11 is 0. The van der Waals surface area contributed by atoms with Gasteiger partial charge in [0.25, 0.3) is 0 Å². The lowest BCUT2D eigenvalue weighted by Gasteiger charge is -2.08. The van der Waals surface area contributed by atoms with E-state index in [1.54, 1.807) is 0 Å². The van der Waals surface area contributed by atoms with Crippen LogP contribution in [-0.4, -0.2) is 18.2 Å². The summed E-state index contributed by atoms with van der Waals surface area (Å²) in [4.78, 5) is 10.5. The van der Waals surface area contributed by atoms with E-state index in [9.17, 15) is 4.79 Å². The lowest BCUT2D eigenvalue weighted by atomic mass is 10.2. The highest BCUT2D eigenvalue weighted by atomic mass is 16.2. The third-order valence-corrected chi connectivity index (χ3v) is 1.21. The summed E-state index contributed by atoms with van der Waals surface area (Å²) in [5.41, 5.74) is 8.49. The average molecular weight is 127 g/mol. The molecule has 0 saturated carbocycles. The van der Waals surface area contributed by atoms with E-state index in [-0.39, 0.29) is 5.91 Å². The van der Waals surface area contributed by atoms with Gasteiger partial charge in [-0.05, 0) is 6.42 Å². The minimum absolute atomic E-state index is 0.0211. The molecule has 0 aromatic carbocycles. The highest BCUT2D eigenvalue weighted by Gasteiger charge is 2.08. The summed E-state index contributed by atoms with van der Waals surface area (Å²) in [6.07, 6.45) is 1.23. The summed E-state index contributed by atoms with van der Waals surface area (Å²) in [6.45, 7) is 0.445. The Balaban J connectivity index is 2.50. The van der Waals surface area contributed by atoms with Crippen molar-refractivity contribution in [3.05, 3.63) is 0 Å². The molecule has 0 aromatic rings. The number of carbonyl (C=O) groups excluding carboxylic acids is 1. The number of hydrazone groups is 1. The number of nitrogens with one attached hydrogen (secondary N) is 1. The van der Waals surface area contributed by atoms with E-state index in [4.69, 9.17) is 5.73 Å². The van der Waals surface area contributed by atoms with Crippen molar-refractivity contribution in [1.82, 2.24) is 5.43 Å². The van der Waals surface area contributed by atoms with Crippen molar-refractivity contribution in [3.63, 3.8) is 0 Å². The van der Waals surface area contributed by atoms with Crippen LogP contribution in [0.1, 0.15) is 12.8 Å². The van der Waals surface area contributed by atoms with Gasteiger partial charge in [0.2, 0.25) is 5.91 Å². The molecule has 0 spiro atoms. The maximum Gasteiger partial charge on any atom is 0.240 e. The lowest BCUT2D eigenvalue weighted by molar-refractivity contribution is -0.121. The van der Waals surface area contributed by atoms with Crippen LogP contribution < -0.4 is 11.2 Å². The maximum absolute atomic E-state index is 10.5. The zero-order valence-corrected chi connectivity index (χ0v) is 5.05. The summed E-state index contributed by atoms with van der Waals surface area (Å²) in [7, 11) is 0. The van der Waals surface area contributed by atoms with Crippen molar-refractivity contribution in [2.24, 2.45) is 10.8 Å². The third kappa shape index (κ3) is 1.50. The van der Waals surface area contributed by atoms with E-state index < -0.39 is 0 Å². The van der Waals surface area contributed by atoms with Gasteiger partial charge in [0, 0.05) is 13.0 Å². The molecule has 1 heterocycles. The highest BCUT2D eigenvalue weighted by Crippen LogP contribution is 1.96. The van der Waals surface area contributed by atoms with Crippen molar-refractivity contribution >= 4 is 11.6 Å². The molecule has 9 heavy (non-hydrogen) atoms. The van der Waals surface area contributed by atoms with Crippen molar-refractivity contribution in [2.75, 3.05) is 6.54 Å².